The molecule has 0 saturated heterocycles. The molecule has 1 aromatic carbocycles. The van der Waals surface area contributed by atoms with Gasteiger partial charge in [-0.2, -0.15) is 0 Å². The van der Waals surface area contributed by atoms with Crippen LogP contribution in [0, 0.1) is 13.8 Å². The monoisotopic (exact) mass is 285 g/mol. The van der Waals surface area contributed by atoms with Crippen LogP contribution in [0.1, 0.15) is 18.1 Å². The molecule has 0 bridgehead atoms. The van der Waals surface area contributed by atoms with Crippen LogP contribution < -0.4 is 11.1 Å². The summed E-state index contributed by atoms with van der Waals surface area (Å²) in [4.78, 5) is 0. The Bertz CT molecular complexity index is 395. The van der Waals surface area contributed by atoms with Gasteiger partial charge in [-0.05, 0) is 44.0 Å². The van der Waals surface area contributed by atoms with Gasteiger partial charge in [0.25, 0.3) is 0 Å². The lowest BCUT2D eigenvalue weighted by Gasteiger charge is -2.15. The smallest absolute Gasteiger partial charge is 0.161 e. The van der Waals surface area contributed by atoms with Crippen LogP contribution in [0.2, 0.25) is 0 Å². The Morgan fingerprint density at radius 1 is 1.44 bits per heavy atom. The van der Waals surface area contributed by atoms with Crippen molar-refractivity contribution in [2.24, 2.45) is 10.9 Å². The molecule has 16 heavy (non-hydrogen) atoms. The third kappa shape index (κ3) is 2.88. The lowest BCUT2D eigenvalue weighted by Crippen LogP contribution is -2.32. The standard InChI is InChI=1S/C11H16BrN3O/c1-6-4-9(5-7(2)10(6)12)14-8(3)11(13)15-16/h4-5,8,14,16H,1-3H3,(H2,13,15). The van der Waals surface area contributed by atoms with Gasteiger partial charge >= 0.3 is 0 Å². The van der Waals surface area contributed by atoms with Crippen LogP contribution >= 0.6 is 15.9 Å². The number of aryl methyl sites for hydroxylation is 2. The van der Waals surface area contributed by atoms with E-state index >= 15 is 0 Å². The summed E-state index contributed by atoms with van der Waals surface area (Å²) in [6, 6.07) is 3.82. The number of nitrogens with one attached hydrogen (secondary N) is 1. The summed E-state index contributed by atoms with van der Waals surface area (Å²) < 4.78 is 1.11. The molecule has 0 heterocycles. The Labute approximate surface area is 104 Å². The number of nitrogens with two attached hydrogens (primary N) is 1. The normalized spacial score (nSPS) is 13.6. The van der Waals surface area contributed by atoms with Gasteiger partial charge in [-0.15, -0.1) is 0 Å². The van der Waals surface area contributed by atoms with Gasteiger partial charge in [-0.3, -0.25) is 0 Å². The maximum Gasteiger partial charge on any atom is 0.161 e. The van der Waals surface area contributed by atoms with E-state index in [1.807, 2.05) is 32.9 Å². The summed E-state index contributed by atoms with van der Waals surface area (Å²) in [5.74, 6) is 0.165. The predicted molar refractivity (Wildman–Crippen MR) is 70.1 cm³/mol. The molecule has 0 aliphatic carbocycles. The number of anilines is 1. The van der Waals surface area contributed by atoms with Crippen LogP contribution in [0.5, 0.6) is 0 Å². The fourth-order valence-electron chi connectivity index (χ4n) is 1.44. The summed E-state index contributed by atoms with van der Waals surface area (Å²) in [7, 11) is 0. The highest BCUT2D eigenvalue weighted by Gasteiger charge is 2.08. The van der Waals surface area contributed by atoms with Gasteiger partial charge in [0.05, 0.1) is 6.04 Å². The van der Waals surface area contributed by atoms with Crippen molar-refractivity contribution in [3.63, 3.8) is 0 Å². The van der Waals surface area contributed by atoms with Crippen molar-refractivity contribution < 1.29 is 5.21 Å². The molecule has 0 aliphatic heterocycles. The van der Waals surface area contributed by atoms with E-state index in [9.17, 15) is 0 Å². The van der Waals surface area contributed by atoms with Crippen LogP contribution in [-0.2, 0) is 0 Å². The second kappa shape index (κ2) is 5.21. The van der Waals surface area contributed by atoms with Crippen molar-refractivity contribution in [2.75, 3.05) is 5.32 Å². The van der Waals surface area contributed by atoms with Crippen molar-refractivity contribution in [3.05, 3.63) is 27.7 Å². The Kier molecular flexibility index (Phi) is 4.18. The first-order valence-electron chi connectivity index (χ1n) is 4.96. The number of rotatable bonds is 3. The Morgan fingerprint density at radius 3 is 2.38 bits per heavy atom. The molecule has 4 nitrogen and oxygen atoms in total. The molecule has 1 aromatic rings. The number of nitrogens with zero attached hydrogens (tertiary/aromatic N) is 1. The largest absolute Gasteiger partial charge is 0.409 e. The van der Waals surface area contributed by atoms with Gasteiger partial charge in [0.1, 0.15) is 0 Å². The number of benzene rings is 1. The van der Waals surface area contributed by atoms with E-state index in [0.717, 1.165) is 21.3 Å². The van der Waals surface area contributed by atoms with Crippen LogP contribution in [0.25, 0.3) is 0 Å². The molecule has 0 fully saturated rings. The molecule has 1 rings (SSSR count). The lowest BCUT2D eigenvalue weighted by atomic mass is 10.1. The minimum atomic E-state index is -0.204. The molecule has 1 atom stereocenters. The van der Waals surface area contributed by atoms with E-state index in [4.69, 9.17) is 10.9 Å². The predicted octanol–water partition coefficient (Wildman–Crippen LogP) is 2.61. The zero-order valence-corrected chi connectivity index (χ0v) is 11.2. The number of hydrogen-bond donors (Lipinski definition) is 3. The molecule has 0 saturated carbocycles. The van der Waals surface area contributed by atoms with Crippen molar-refractivity contribution >= 4 is 27.5 Å². The highest BCUT2D eigenvalue weighted by atomic mass is 79.9. The molecular formula is C11H16BrN3O. The number of oxime groups is 1. The SMILES string of the molecule is Cc1cc(NC(C)/C(N)=N/O)cc(C)c1Br. The maximum atomic E-state index is 8.55. The van der Waals surface area contributed by atoms with E-state index in [1.165, 1.54) is 0 Å². The van der Waals surface area contributed by atoms with Crippen LogP contribution in [0.3, 0.4) is 0 Å². The van der Waals surface area contributed by atoms with Crippen molar-refractivity contribution in [1.29, 1.82) is 0 Å². The average molecular weight is 286 g/mol. The summed E-state index contributed by atoms with van der Waals surface area (Å²) in [5, 5.41) is 14.7. The molecule has 5 heteroatoms. The molecule has 1 unspecified atom stereocenters. The number of amidine groups is 1. The average Bonchev–Trinajstić information content (AvgIpc) is 2.24. The fourth-order valence-corrected chi connectivity index (χ4v) is 1.67. The van der Waals surface area contributed by atoms with Crippen molar-refractivity contribution in [3.8, 4) is 0 Å². The van der Waals surface area contributed by atoms with Gasteiger partial charge < -0.3 is 16.3 Å². The van der Waals surface area contributed by atoms with Gasteiger partial charge in [0, 0.05) is 10.2 Å². The minimum absolute atomic E-state index is 0.165. The summed E-state index contributed by atoms with van der Waals surface area (Å²) in [6.07, 6.45) is 0. The summed E-state index contributed by atoms with van der Waals surface area (Å²) in [6.45, 7) is 5.88. The highest BCUT2D eigenvalue weighted by molar-refractivity contribution is 9.10. The van der Waals surface area contributed by atoms with E-state index in [-0.39, 0.29) is 11.9 Å². The minimum Gasteiger partial charge on any atom is -0.409 e. The number of halogens is 1. The second-order valence-electron chi connectivity index (χ2n) is 3.81. The van der Waals surface area contributed by atoms with Gasteiger partial charge in [0.2, 0.25) is 0 Å². The van der Waals surface area contributed by atoms with Crippen molar-refractivity contribution in [1.82, 2.24) is 0 Å². The number of hydrogen-bond acceptors (Lipinski definition) is 3. The molecule has 88 valence electrons. The molecule has 0 amide bonds. The fraction of sp³-hybridized carbons (Fsp3) is 0.364. The van der Waals surface area contributed by atoms with Gasteiger partial charge in [-0.1, -0.05) is 21.1 Å². The molecule has 0 spiro atoms. The van der Waals surface area contributed by atoms with Crippen LogP contribution in [0.4, 0.5) is 5.69 Å². The van der Waals surface area contributed by atoms with E-state index in [2.05, 4.69) is 26.4 Å². The van der Waals surface area contributed by atoms with Gasteiger partial charge in [-0.25, -0.2) is 0 Å². The summed E-state index contributed by atoms with van der Waals surface area (Å²) in [5.41, 5.74) is 8.75. The van der Waals surface area contributed by atoms with E-state index < -0.39 is 0 Å². The first-order chi connectivity index (χ1) is 7.45. The molecular weight excluding hydrogens is 270 g/mol. The Hall–Kier alpha value is -1.23. The maximum absolute atomic E-state index is 8.55. The first kappa shape index (κ1) is 12.8. The highest BCUT2D eigenvalue weighted by Crippen LogP contribution is 2.25. The second-order valence-corrected chi connectivity index (χ2v) is 4.61. The van der Waals surface area contributed by atoms with E-state index in [1.54, 1.807) is 0 Å². The van der Waals surface area contributed by atoms with E-state index in [0.29, 0.717) is 0 Å². The topological polar surface area (TPSA) is 70.6 Å². The third-order valence-electron chi connectivity index (χ3n) is 2.38. The lowest BCUT2D eigenvalue weighted by molar-refractivity contribution is 0.316. The molecule has 0 radical (unpaired) electrons. The van der Waals surface area contributed by atoms with Gasteiger partial charge in [0.15, 0.2) is 5.84 Å². The van der Waals surface area contributed by atoms with Crippen LogP contribution in [0.15, 0.2) is 21.8 Å². The van der Waals surface area contributed by atoms with Crippen molar-refractivity contribution in [2.45, 2.75) is 26.8 Å². The summed E-state index contributed by atoms with van der Waals surface area (Å²) >= 11 is 3.51. The Morgan fingerprint density at radius 2 is 1.94 bits per heavy atom. The molecule has 0 aromatic heterocycles. The third-order valence-corrected chi connectivity index (χ3v) is 3.63. The molecule has 4 N–H and O–H groups in total. The Balaban J connectivity index is 2.91. The first-order valence-corrected chi connectivity index (χ1v) is 5.75. The quantitative estimate of drug-likeness (QED) is 0.346. The van der Waals surface area contributed by atoms with Crippen LogP contribution in [-0.4, -0.2) is 17.1 Å². The molecule has 0 aliphatic rings. The zero-order chi connectivity index (χ0) is 12.3. The zero-order valence-electron chi connectivity index (χ0n) is 9.58.